The number of nitrogens with zero attached hydrogens (tertiary/aromatic N) is 1. The molecule has 0 aromatic rings. The molecule has 3 nitrogen and oxygen atoms in total. The van der Waals surface area contributed by atoms with E-state index in [4.69, 9.17) is 4.84 Å². The molecule has 2 unspecified atom stereocenters. The van der Waals surface area contributed by atoms with Crippen molar-refractivity contribution in [2.24, 2.45) is 0 Å². The summed E-state index contributed by atoms with van der Waals surface area (Å²) in [5, 5.41) is 5.38. The monoisotopic (exact) mass is 172 g/mol. The van der Waals surface area contributed by atoms with Crippen LogP contribution in [0.1, 0.15) is 27.2 Å². The fraction of sp³-hybridized carbons (Fsp3) is 1.00. The minimum atomic E-state index is 0.294. The van der Waals surface area contributed by atoms with Crippen molar-refractivity contribution in [3.8, 4) is 0 Å². The molecule has 1 heterocycles. The molecule has 0 aliphatic carbocycles. The molecule has 0 bridgehead atoms. The highest BCUT2D eigenvalue weighted by atomic mass is 16.7. The third kappa shape index (κ3) is 2.19. The Morgan fingerprint density at radius 2 is 2.17 bits per heavy atom. The maximum absolute atomic E-state index is 5.65. The molecular formula is C9H20N2O. The van der Waals surface area contributed by atoms with Crippen LogP contribution in [0.3, 0.4) is 0 Å². The van der Waals surface area contributed by atoms with E-state index < -0.39 is 0 Å². The van der Waals surface area contributed by atoms with Gasteiger partial charge in [-0.3, -0.25) is 4.84 Å². The summed E-state index contributed by atoms with van der Waals surface area (Å²) in [5.74, 6) is 0. The van der Waals surface area contributed by atoms with Gasteiger partial charge in [0.2, 0.25) is 0 Å². The van der Waals surface area contributed by atoms with Crippen LogP contribution in [0.4, 0.5) is 0 Å². The second-order valence-corrected chi connectivity index (χ2v) is 3.72. The van der Waals surface area contributed by atoms with Gasteiger partial charge in [0.15, 0.2) is 0 Å². The van der Waals surface area contributed by atoms with Crippen molar-refractivity contribution in [2.45, 2.75) is 45.4 Å². The van der Waals surface area contributed by atoms with Gasteiger partial charge in [-0.05, 0) is 34.2 Å². The Balaban J connectivity index is 2.38. The van der Waals surface area contributed by atoms with Gasteiger partial charge in [0.05, 0.1) is 6.10 Å². The van der Waals surface area contributed by atoms with Gasteiger partial charge in [0.25, 0.3) is 0 Å². The molecule has 0 aromatic heterocycles. The Morgan fingerprint density at radius 3 is 2.58 bits per heavy atom. The lowest BCUT2D eigenvalue weighted by Gasteiger charge is -2.25. The van der Waals surface area contributed by atoms with Crippen molar-refractivity contribution >= 4 is 0 Å². The first-order valence-electron chi connectivity index (χ1n) is 4.76. The molecule has 0 amide bonds. The normalized spacial score (nSPS) is 31.8. The molecule has 0 saturated carbocycles. The van der Waals surface area contributed by atoms with Gasteiger partial charge >= 0.3 is 0 Å². The van der Waals surface area contributed by atoms with Crippen LogP contribution in [-0.4, -0.2) is 36.8 Å². The van der Waals surface area contributed by atoms with Crippen molar-refractivity contribution in [1.82, 2.24) is 10.4 Å². The van der Waals surface area contributed by atoms with E-state index in [0.717, 1.165) is 6.54 Å². The number of hydroxylamine groups is 2. The average molecular weight is 172 g/mol. The zero-order valence-corrected chi connectivity index (χ0v) is 8.50. The quantitative estimate of drug-likeness (QED) is 0.687. The number of nitrogens with one attached hydrogen (secondary N) is 1. The fourth-order valence-electron chi connectivity index (χ4n) is 1.72. The molecule has 1 N–H and O–H groups in total. The molecule has 1 saturated heterocycles. The lowest BCUT2D eigenvalue weighted by atomic mass is 10.1. The highest BCUT2D eigenvalue weighted by Crippen LogP contribution is 2.18. The lowest BCUT2D eigenvalue weighted by molar-refractivity contribution is -0.194. The molecule has 1 aliphatic heterocycles. The summed E-state index contributed by atoms with van der Waals surface area (Å²) in [6.07, 6.45) is 1.48. The largest absolute Gasteiger partial charge is 0.315 e. The van der Waals surface area contributed by atoms with Crippen molar-refractivity contribution in [3.63, 3.8) is 0 Å². The molecule has 1 rings (SSSR count). The highest BCUT2D eigenvalue weighted by molar-refractivity contribution is 4.84. The van der Waals surface area contributed by atoms with Crippen LogP contribution in [0.2, 0.25) is 0 Å². The third-order valence-electron chi connectivity index (χ3n) is 2.41. The van der Waals surface area contributed by atoms with Crippen molar-refractivity contribution in [2.75, 3.05) is 13.6 Å². The Kier molecular flexibility index (Phi) is 3.50. The summed E-state index contributed by atoms with van der Waals surface area (Å²) in [6, 6.07) is 1.08. The second kappa shape index (κ2) is 4.21. The maximum Gasteiger partial charge on any atom is 0.0737 e. The lowest BCUT2D eigenvalue weighted by Crippen LogP contribution is -2.39. The summed E-state index contributed by atoms with van der Waals surface area (Å²) < 4.78 is 0. The van der Waals surface area contributed by atoms with Crippen LogP contribution in [0.25, 0.3) is 0 Å². The third-order valence-corrected chi connectivity index (χ3v) is 2.41. The molecule has 12 heavy (non-hydrogen) atoms. The van der Waals surface area contributed by atoms with Crippen LogP contribution < -0.4 is 5.32 Å². The SMILES string of the molecule is CNC1CCN(OC(C)C)C1C. The van der Waals surface area contributed by atoms with Crippen molar-refractivity contribution in [1.29, 1.82) is 0 Å². The molecule has 1 aliphatic rings. The minimum Gasteiger partial charge on any atom is -0.315 e. The van der Waals surface area contributed by atoms with Gasteiger partial charge in [-0.1, -0.05) is 0 Å². The van der Waals surface area contributed by atoms with E-state index in [-0.39, 0.29) is 0 Å². The van der Waals surface area contributed by atoms with Gasteiger partial charge in [0.1, 0.15) is 0 Å². The van der Waals surface area contributed by atoms with E-state index in [1.54, 1.807) is 0 Å². The van der Waals surface area contributed by atoms with Crippen LogP contribution >= 0.6 is 0 Å². The Morgan fingerprint density at radius 1 is 1.50 bits per heavy atom. The zero-order valence-electron chi connectivity index (χ0n) is 8.50. The molecule has 2 atom stereocenters. The first kappa shape index (κ1) is 9.96. The molecule has 1 fully saturated rings. The number of hydrogen-bond acceptors (Lipinski definition) is 3. The molecule has 0 spiro atoms. The topological polar surface area (TPSA) is 24.5 Å². The van der Waals surface area contributed by atoms with Gasteiger partial charge in [-0.15, -0.1) is 0 Å². The van der Waals surface area contributed by atoms with E-state index in [9.17, 15) is 0 Å². The zero-order chi connectivity index (χ0) is 9.14. The summed E-state index contributed by atoms with van der Waals surface area (Å²) in [5.41, 5.74) is 0. The Labute approximate surface area is 75.0 Å². The van der Waals surface area contributed by atoms with Crippen molar-refractivity contribution in [3.05, 3.63) is 0 Å². The smallest absolute Gasteiger partial charge is 0.0737 e. The Hall–Kier alpha value is -0.120. The van der Waals surface area contributed by atoms with Crippen molar-refractivity contribution < 1.29 is 4.84 Å². The molecule has 0 aromatic carbocycles. The predicted molar refractivity (Wildman–Crippen MR) is 49.9 cm³/mol. The summed E-state index contributed by atoms with van der Waals surface area (Å²) in [4.78, 5) is 5.65. The van der Waals surface area contributed by atoms with Gasteiger partial charge in [-0.25, -0.2) is 0 Å². The van der Waals surface area contributed by atoms with E-state index in [1.807, 2.05) is 7.05 Å². The predicted octanol–water partition coefficient (Wildman–Crippen LogP) is 1.01. The summed E-state index contributed by atoms with van der Waals surface area (Å²) >= 11 is 0. The molecule has 72 valence electrons. The average Bonchev–Trinajstić information content (AvgIpc) is 2.32. The number of rotatable bonds is 3. The molecule has 0 radical (unpaired) electrons. The number of hydrogen-bond donors (Lipinski definition) is 1. The first-order valence-corrected chi connectivity index (χ1v) is 4.76. The first-order chi connectivity index (χ1) is 5.65. The van der Waals surface area contributed by atoms with Crippen LogP contribution in [0, 0.1) is 0 Å². The summed E-state index contributed by atoms with van der Waals surface area (Å²) in [6.45, 7) is 7.39. The van der Waals surface area contributed by atoms with Gasteiger partial charge in [-0.2, -0.15) is 5.06 Å². The van der Waals surface area contributed by atoms with Crippen LogP contribution in [-0.2, 0) is 4.84 Å². The Bertz CT molecular complexity index is 138. The minimum absolute atomic E-state index is 0.294. The fourth-order valence-corrected chi connectivity index (χ4v) is 1.72. The summed E-state index contributed by atoms with van der Waals surface area (Å²) in [7, 11) is 2.01. The van der Waals surface area contributed by atoms with Crippen LogP contribution in [0.15, 0.2) is 0 Å². The second-order valence-electron chi connectivity index (χ2n) is 3.72. The molecular weight excluding hydrogens is 152 g/mol. The van der Waals surface area contributed by atoms with E-state index in [2.05, 4.69) is 31.2 Å². The van der Waals surface area contributed by atoms with E-state index in [0.29, 0.717) is 18.2 Å². The van der Waals surface area contributed by atoms with Crippen LogP contribution in [0.5, 0.6) is 0 Å². The standard InChI is InChI=1S/C9H20N2O/c1-7(2)12-11-6-5-9(10-4)8(11)3/h7-10H,5-6H2,1-4H3. The molecule has 3 heteroatoms. The van der Waals surface area contributed by atoms with Gasteiger partial charge in [0, 0.05) is 18.6 Å². The highest BCUT2D eigenvalue weighted by Gasteiger charge is 2.30. The van der Waals surface area contributed by atoms with E-state index in [1.165, 1.54) is 6.42 Å². The van der Waals surface area contributed by atoms with E-state index >= 15 is 0 Å². The van der Waals surface area contributed by atoms with Gasteiger partial charge < -0.3 is 5.32 Å². The maximum atomic E-state index is 5.65. The number of likely N-dealkylation sites (N-methyl/N-ethyl adjacent to an activating group) is 1.